The van der Waals surface area contributed by atoms with Gasteiger partial charge in [-0.3, -0.25) is 4.79 Å². The molecule has 1 aliphatic carbocycles. The van der Waals surface area contributed by atoms with E-state index in [4.69, 9.17) is 10.5 Å². The van der Waals surface area contributed by atoms with Crippen molar-refractivity contribution in [1.82, 2.24) is 10.3 Å². The van der Waals surface area contributed by atoms with Gasteiger partial charge in [0.2, 0.25) is 0 Å². The number of amides is 1. The van der Waals surface area contributed by atoms with Crippen molar-refractivity contribution >= 4 is 24.0 Å². The second kappa shape index (κ2) is 8.76. The van der Waals surface area contributed by atoms with Crippen LogP contribution in [0.25, 0.3) is 0 Å². The fraction of sp³-hybridized carbons (Fsp3) is 0.571. The number of ether oxygens (including phenoxy) is 1. The van der Waals surface area contributed by atoms with Crippen LogP contribution in [0, 0.1) is 0 Å². The zero-order valence-electron chi connectivity index (χ0n) is 11.5. The average Bonchev–Trinajstić information content (AvgIpc) is 2.45. The fourth-order valence-electron chi connectivity index (χ4n) is 2.25. The van der Waals surface area contributed by atoms with Gasteiger partial charge in [-0.2, -0.15) is 0 Å². The van der Waals surface area contributed by atoms with Gasteiger partial charge < -0.3 is 15.8 Å². The Morgan fingerprint density at radius 3 is 2.75 bits per heavy atom. The Balaban J connectivity index is 0.00000200. The summed E-state index contributed by atoms with van der Waals surface area (Å²) in [6, 6.07) is 3.28. The monoisotopic (exact) mass is 299 g/mol. The van der Waals surface area contributed by atoms with Crippen molar-refractivity contribution in [2.45, 2.75) is 38.2 Å². The number of nitrogens with zero attached hydrogens (tertiary/aromatic N) is 1. The number of nitrogen functional groups attached to an aromatic ring is 1. The first-order valence-electron chi connectivity index (χ1n) is 6.87. The summed E-state index contributed by atoms with van der Waals surface area (Å²) in [7, 11) is 0. The Morgan fingerprint density at radius 2 is 2.10 bits per heavy atom. The third-order valence-corrected chi connectivity index (χ3v) is 3.31. The van der Waals surface area contributed by atoms with Crippen molar-refractivity contribution in [1.29, 1.82) is 0 Å². The number of carbonyl (C=O) groups is 1. The van der Waals surface area contributed by atoms with Gasteiger partial charge in [0.1, 0.15) is 5.69 Å². The molecule has 1 aliphatic rings. The zero-order chi connectivity index (χ0) is 13.5. The summed E-state index contributed by atoms with van der Waals surface area (Å²) in [5.41, 5.74) is 6.45. The van der Waals surface area contributed by atoms with Gasteiger partial charge in [-0.05, 0) is 25.0 Å². The molecule has 0 aliphatic heterocycles. The highest BCUT2D eigenvalue weighted by atomic mass is 35.5. The number of carbonyl (C=O) groups excluding carboxylic acids is 1. The Labute approximate surface area is 125 Å². The molecule has 6 heteroatoms. The number of aromatic nitrogens is 1. The van der Waals surface area contributed by atoms with E-state index in [-0.39, 0.29) is 18.3 Å². The van der Waals surface area contributed by atoms with E-state index in [1.165, 1.54) is 25.5 Å². The van der Waals surface area contributed by atoms with E-state index in [2.05, 4.69) is 10.3 Å². The summed E-state index contributed by atoms with van der Waals surface area (Å²) in [5.74, 6) is -0.188. The molecule has 2 rings (SSSR count). The van der Waals surface area contributed by atoms with Crippen LogP contribution in [0.1, 0.15) is 42.6 Å². The first-order chi connectivity index (χ1) is 9.25. The SMILES string of the molecule is Cl.Nc1ccc(C(=O)NCCOC2CCCCC2)nc1. The van der Waals surface area contributed by atoms with Gasteiger partial charge in [0.15, 0.2) is 0 Å². The first kappa shape index (κ1) is 16.7. The van der Waals surface area contributed by atoms with E-state index in [0.717, 1.165) is 12.8 Å². The molecule has 0 spiro atoms. The Morgan fingerprint density at radius 1 is 1.35 bits per heavy atom. The van der Waals surface area contributed by atoms with Gasteiger partial charge in [0, 0.05) is 6.54 Å². The topological polar surface area (TPSA) is 77.2 Å². The molecule has 0 bridgehead atoms. The molecule has 1 aromatic heterocycles. The van der Waals surface area contributed by atoms with Crippen LogP contribution >= 0.6 is 12.4 Å². The highest BCUT2D eigenvalue weighted by Gasteiger charge is 2.13. The molecule has 1 fully saturated rings. The predicted molar refractivity (Wildman–Crippen MR) is 81.1 cm³/mol. The number of hydrogen-bond donors (Lipinski definition) is 2. The van der Waals surface area contributed by atoms with Crippen LogP contribution in [-0.2, 0) is 4.74 Å². The number of nitrogens with two attached hydrogens (primary N) is 1. The van der Waals surface area contributed by atoms with E-state index < -0.39 is 0 Å². The number of pyridine rings is 1. The number of halogens is 1. The lowest BCUT2D eigenvalue weighted by Gasteiger charge is -2.21. The fourth-order valence-corrected chi connectivity index (χ4v) is 2.25. The number of hydrogen-bond acceptors (Lipinski definition) is 4. The van der Waals surface area contributed by atoms with Crippen molar-refractivity contribution in [3.8, 4) is 0 Å². The largest absolute Gasteiger partial charge is 0.397 e. The summed E-state index contributed by atoms with van der Waals surface area (Å²) >= 11 is 0. The lowest BCUT2D eigenvalue weighted by molar-refractivity contribution is 0.0299. The third-order valence-electron chi connectivity index (χ3n) is 3.31. The van der Waals surface area contributed by atoms with Crippen LogP contribution in [0.4, 0.5) is 5.69 Å². The van der Waals surface area contributed by atoms with E-state index in [9.17, 15) is 4.79 Å². The van der Waals surface area contributed by atoms with E-state index in [0.29, 0.717) is 30.6 Å². The molecule has 1 amide bonds. The van der Waals surface area contributed by atoms with E-state index in [1.807, 2.05) is 0 Å². The molecule has 1 heterocycles. The molecule has 3 N–H and O–H groups in total. The predicted octanol–water partition coefficient (Wildman–Crippen LogP) is 2.16. The Kier molecular flexibility index (Phi) is 7.33. The first-order valence-corrected chi connectivity index (χ1v) is 6.87. The highest BCUT2D eigenvalue weighted by molar-refractivity contribution is 5.92. The molecule has 5 nitrogen and oxygen atoms in total. The van der Waals surface area contributed by atoms with Crippen molar-refractivity contribution in [3.05, 3.63) is 24.0 Å². The van der Waals surface area contributed by atoms with Crippen LogP contribution in [0.2, 0.25) is 0 Å². The highest BCUT2D eigenvalue weighted by Crippen LogP contribution is 2.19. The molecule has 0 unspecified atom stereocenters. The summed E-state index contributed by atoms with van der Waals surface area (Å²) < 4.78 is 5.73. The third kappa shape index (κ3) is 5.35. The minimum absolute atomic E-state index is 0. The molecule has 0 radical (unpaired) electrons. The van der Waals surface area contributed by atoms with Crippen molar-refractivity contribution in [2.75, 3.05) is 18.9 Å². The van der Waals surface area contributed by atoms with Gasteiger partial charge >= 0.3 is 0 Å². The van der Waals surface area contributed by atoms with Gasteiger partial charge in [0.05, 0.1) is 24.6 Å². The maximum absolute atomic E-state index is 11.7. The number of anilines is 1. The molecule has 20 heavy (non-hydrogen) atoms. The quantitative estimate of drug-likeness (QED) is 0.817. The molecule has 1 saturated carbocycles. The minimum atomic E-state index is -0.188. The van der Waals surface area contributed by atoms with E-state index in [1.54, 1.807) is 12.1 Å². The molecule has 0 aromatic carbocycles. The molecular formula is C14H22ClN3O2. The lowest BCUT2D eigenvalue weighted by Crippen LogP contribution is -2.29. The summed E-state index contributed by atoms with van der Waals surface area (Å²) in [6.45, 7) is 1.08. The van der Waals surface area contributed by atoms with Crippen molar-refractivity contribution in [2.24, 2.45) is 0 Å². The van der Waals surface area contributed by atoms with Gasteiger partial charge in [-0.25, -0.2) is 4.98 Å². The average molecular weight is 300 g/mol. The second-order valence-corrected chi connectivity index (χ2v) is 4.86. The molecular weight excluding hydrogens is 278 g/mol. The molecule has 1 aromatic rings. The standard InChI is InChI=1S/C14H21N3O2.ClH/c15-11-6-7-13(17-10-11)14(18)16-8-9-19-12-4-2-1-3-5-12;/h6-7,10,12H,1-5,8-9,15H2,(H,16,18);1H. The summed E-state index contributed by atoms with van der Waals surface area (Å²) in [4.78, 5) is 15.7. The van der Waals surface area contributed by atoms with Crippen LogP contribution < -0.4 is 11.1 Å². The van der Waals surface area contributed by atoms with Crippen LogP contribution in [0.3, 0.4) is 0 Å². The van der Waals surface area contributed by atoms with Gasteiger partial charge in [-0.1, -0.05) is 19.3 Å². The lowest BCUT2D eigenvalue weighted by atomic mass is 9.98. The Hall–Kier alpha value is -1.33. The van der Waals surface area contributed by atoms with Crippen LogP contribution in [0.15, 0.2) is 18.3 Å². The maximum atomic E-state index is 11.7. The smallest absolute Gasteiger partial charge is 0.269 e. The van der Waals surface area contributed by atoms with E-state index >= 15 is 0 Å². The van der Waals surface area contributed by atoms with Crippen molar-refractivity contribution < 1.29 is 9.53 Å². The Bertz CT molecular complexity index is 405. The van der Waals surface area contributed by atoms with Crippen LogP contribution in [0.5, 0.6) is 0 Å². The molecule has 0 saturated heterocycles. The minimum Gasteiger partial charge on any atom is -0.397 e. The molecule has 112 valence electrons. The van der Waals surface area contributed by atoms with Crippen LogP contribution in [-0.4, -0.2) is 30.1 Å². The normalized spacial score (nSPS) is 15.4. The van der Waals surface area contributed by atoms with Crippen molar-refractivity contribution in [3.63, 3.8) is 0 Å². The molecule has 0 atom stereocenters. The number of rotatable bonds is 5. The zero-order valence-corrected chi connectivity index (χ0v) is 12.3. The second-order valence-electron chi connectivity index (χ2n) is 4.86. The van der Waals surface area contributed by atoms with Gasteiger partial charge in [-0.15, -0.1) is 12.4 Å². The van der Waals surface area contributed by atoms with Gasteiger partial charge in [0.25, 0.3) is 5.91 Å². The maximum Gasteiger partial charge on any atom is 0.269 e. The number of nitrogens with one attached hydrogen (secondary N) is 1. The summed E-state index contributed by atoms with van der Waals surface area (Å²) in [5, 5.41) is 2.79. The summed E-state index contributed by atoms with van der Waals surface area (Å²) in [6.07, 6.45) is 7.98.